The summed E-state index contributed by atoms with van der Waals surface area (Å²) >= 11 is 0. The van der Waals surface area contributed by atoms with Crippen LogP contribution in [0, 0.1) is 0 Å². The zero-order valence-electron chi connectivity index (χ0n) is 16.0. The molecule has 2 saturated heterocycles. The molecule has 144 valence electrons. The first-order valence-electron chi connectivity index (χ1n) is 9.71. The molecule has 0 N–H and O–H groups in total. The molecule has 4 heteroatoms. The first-order chi connectivity index (χ1) is 13.1. The fraction of sp³-hybridized carbons (Fsp3) is 0.478. The molecule has 2 aliphatic rings. The molecule has 2 fully saturated rings. The molecule has 0 amide bonds. The number of ether oxygens (including phenoxy) is 4. The molecule has 4 atom stereocenters. The number of fused-ring (bicyclic) bond motifs is 1. The van der Waals surface area contributed by atoms with Crippen LogP contribution in [0.15, 0.2) is 60.7 Å². The monoisotopic (exact) mass is 368 g/mol. The van der Waals surface area contributed by atoms with Crippen molar-refractivity contribution >= 4 is 0 Å². The molecule has 4 nitrogen and oxygen atoms in total. The Morgan fingerprint density at radius 1 is 0.926 bits per heavy atom. The zero-order valence-corrected chi connectivity index (χ0v) is 16.0. The van der Waals surface area contributed by atoms with E-state index in [0.717, 1.165) is 17.5 Å². The molecule has 0 aromatic heterocycles. The van der Waals surface area contributed by atoms with Gasteiger partial charge in [0.1, 0.15) is 18.3 Å². The second-order valence-electron chi connectivity index (χ2n) is 8.02. The maximum absolute atomic E-state index is 6.28. The lowest BCUT2D eigenvalue weighted by Gasteiger charge is -2.27. The predicted molar refractivity (Wildman–Crippen MR) is 103 cm³/mol. The van der Waals surface area contributed by atoms with Gasteiger partial charge in [-0.1, -0.05) is 60.7 Å². The molecule has 2 aromatic rings. The topological polar surface area (TPSA) is 36.9 Å². The van der Waals surface area contributed by atoms with E-state index in [1.54, 1.807) is 0 Å². The number of hydrogen-bond donors (Lipinski definition) is 0. The summed E-state index contributed by atoms with van der Waals surface area (Å²) in [4.78, 5) is 0. The molecule has 0 saturated carbocycles. The van der Waals surface area contributed by atoms with Gasteiger partial charge in [-0.25, -0.2) is 0 Å². The van der Waals surface area contributed by atoms with Crippen molar-refractivity contribution in [3.63, 3.8) is 0 Å². The summed E-state index contributed by atoms with van der Waals surface area (Å²) < 4.78 is 24.8. The van der Waals surface area contributed by atoms with Gasteiger partial charge >= 0.3 is 0 Å². The van der Waals surface area contributed by atoms with E-state index >= 15 is 0 Å². The van der Waals surface area contributed by atoms with Crippen molar-refractivity contribution < 1.29 is 18.9 Å². The van der Waals surface area contributed by atoms with Gasteiger partial charge in [-0.05, 0) is 25.0 Å². The van der Waals surface area contributed by atoms with E-state index in [9.17, 15) is 0 Å². The molecule has 0 spiro atoms. The van der Waals surface area contributed by atoms with Crippen molar-refractivity contribution in [1.82, 2.24) is 0 Å². The van der Waals surface area contributed by atoms with Gasteiger partial charge in [0.25, 0.3) is 0 Å². The fourth-order valence-electron chi connectivity index (χ4n) is 3.98. The Morgan fingerprint density at radius 2 is 1.56 bits per heavy atom. The van der Waals surface area contributed by atoms with Crippen LogP contribution in [0.5, 0.6) is 0 Å². The Hall–Kier alpha value is -1.72. The van der Waals surface area contributed by atoms with Gasteiger partial charge in [0.2, 0.25) is 0 Å². The van der Waals surface area contributed by atoms with Crippen molar-refractivity contribution in [3.05, 3.63) is 71.8 Å². The van der Waals surface area contributed by atoms with E-state index in [0.29, 0.717) is 19.8 Å². The van der Waals surface area contributed by atoms with E-state index in [1.165, 1.54) is 0 Å². The maximum Gasteiger partial charge on any atom is 0.115 e. The highest BCUT2D eigenvalue weighted by Gasteiger charge is 2.54. The Labute approximate surface area is 161 Å². The standard InChI is InChI=1S/C23H28O4/c1-23(2)13-19-22(27-23)21(25-15-18-11-7-4-8-12-18)20(26-19)16-24-14-17-9-5-3-6-10-17/h3-12,19-22H,13-16H2,1-2H3/t19?,20-,21?,22?/m1/s1. The van der Waals surface area contributed by atoms with Crippen LogP contribution in [0.4, 0.5) is 0 Å². The van der Waals surface area contributed by atoms with Crippen molar-refractivity contribution in [2.45, 2.75) is 63.5 Å². The molecule has 0 bridgehead atoms. The second-order valence-corrected chi connectivity index (χ2v) is 8.02. The van der Waals surface area contributed by atoms with Gasteiger partial charge in [-0.15, -0.1) is 0 Å². The Kier molecular flexibility index (Phi) is 5.60. The van der Waals surface area contributed by atoms with Gasteiger partial charge in [-0.2, -0.15) is 0 Å². The summed E-state index contributed by atoms with van der Waals surface area (Å²) in [7, 11) is 0. The first kappa shape index (κ1) is 18.6. The highest BCUT2D eigenvalue weighted by Crippen LogP contribution is 2.41. The lowest BCUT2D eigenvalue weighted by molar-refractivity contribution is -0.118. The number of benzene rings is 2. The van der Waals surface area contributed by atoms with Crippen LogP contribution < -0.4 is 0 Å². The maximum atomic E-state index is 6.28. The minimum Gasteiger partial charge on any atom is -0.374 e. The summed E-state index contributed by atoms with van der Waals surface area (Å²) in [5.41, 5.74) is 2.15. The van der Waals surface area contributed by atoms with Crippen LogP contribution in [0.3, 0.4) is 0 Å². The molecule has 0 radical (unpaired) electrons. The average Bonchev–Trinajstić information content (AvgIpc) is 3.13. The Bertz CT molecular complexity index is 716. The third-order valence-electron chi connectivity index (χ3n) is 5.23. The van der Waals surface area contributed by atoms with E-state index in [4.69, 9.17) is 18.9 Å². The van der Waals surface area contributed by atoms with Crippen LogP contribution in [-0.2, 0) is 32.2 Å². The lowest BCUT2D eigenvalue weighted by atomic mass is 10.0. The molecule has 2 aromatic carbocycles. The first-order valence-corrected chi connectivity index (χ1v) is 9.71. The predicted octanol–water partition coefficient (Wildman–Crippen LogP) is 4.12. The van der Waals surface area contributed by atoms with E-state index in [-0.39, 0.29) is 30.0 Å². The van der Waals surface area contributed by atoms with Gasteiger partial charge in [0.05, 0.1) is 31.5 Å². The quantitative estimate of drug-likeness (QED) is 0.737. The van der Waals surface area contributed by atoms with Gasteiger partial charge in [-0.3, -0.25) is 0 Å². The Morgan fingerprint density at radius 3 is 2.22 bits per heavy atom. The van der Waals surface area contributed by atoms with Crippen LogP contribution in [-0.4, -0.2) is 36.6 Å². The summed E-state index contributed by atoms with van der Waals surface area (Å²) in [6.07, 6.45) is 0.703. The van der Waals surface area contributed by atoms with Gasteiger partial charge < -0.3 is 18.9 Å². The van der Waals surface area contributed by atoms with Gasteiger partial charge in [0, 0.05) is 6.42 Å². The molecule has 3 unspecified atom stereocenters. The molecule has 27 heavy (non-hydrogen) atoms. The zero-order chi connectivity index (χ0) is 18.7. The van der Waals surface area contributed by atoms with E-state index in [1.807, 2.05) is 36.4 Å². The van der Waals surface area contributed by atoms with Crippen molar-refractivity contribution in [3.8, 4) is 0 Å². The molecule has 0 aliphatic carbocycles. The molecule has 4 rings (SSSR count). The van der Waals surface area contributed by atoms with Crippen LogP contribution >= 0.6 is 0 Å². The van der Waals surface area contributed by atoms with Gasteiger partial charge in [0.15, 0.2) is 0 Å². The van der Waals surface area contributed by atoms with Crippen LogP contribution in [0.2, 0.25) is 0 Å². The molecule has 2 aliphatic heterocycles. The van der Waals surface area contributed by atoms with Crippen molar-refractivity contribution in [1.29, 1.82) is 0 Å². The summed E-state index contributed by atoms with van der Waals surface area (Å²) in [5.74, 6) is 0. The third-order valence-corrected chi connectivity index (χ3v) is 5.23. The number of hydrogen-bond acceptors (Lipinski definition) is 4. The lowest BCUT2D eigenvalue weighted by Crippen LogP contribution is -2.38. The van der Waals surface area contributed by atoms with Crippen molar-refractivity contribution in [2.24, 2.45) is 0 Å². The Balaban J connectivity index is 1.38. The highest BCUT2D eigenvalue weighted by atomic mass is 16.6. The molecule has 2 heterocycles. The summed E-state index contributed by atoms with van der Waals surface area (Å²) in [6.45, 7) is 5.86. The minimum absolute atomic E-state index is 0.0333. The normalized spacial score (nSPS) is 29.0. The smallest absolute Gasteiger partial charge is 0.115 e. The number of rotatable bonds is 7. The van der Waals surface area contributed by atoms with E-state index < -0.39 is 0 Å². The average molecular weight is 368 g/mol. The second kappa shape index (κ2) is 8.11. The van der Waals surface area contributed by atoms with E-state index in [2.05, 4.69) is 38.1 Å². The third kappa shape index (κ3) is 4.58. The van der Waals surface area contributed by atoms with Crippen molar-refractivity contribution in [2.75, 3.05) is 6.61 Å². The SMILES string of the molecule is CC1(C)CC2O[C@H](COCc3ccccc3)C(OCc3ccccc3)C2O1. The summed E-state index contributed by atoms with van der Waals surface area (Å²) in [5, 5.41) is 0. The largest absolute Gasteiger partial charge is 0.374 e. The molecular formula is C23H28O4. The van der Waals surface area contributed by atoms with Crippen LogP contribution in [0.1, 0.15) is 31.4 Å². The minimum atomic E-state index is -0.167. The van der Waals surface area contributed by atoms with Crippen LogP contribution in [0.25, 0.3) is 0 Å². The highest BCUT2D eigenvalue weighted by molar-refractivity contribution is 5.14. The fourth-order valence-corrected chi connectivity index (χ4v) is 3.98. The summed E-state index contributed by atoms with van der Waals surface area (Å²) in [6, 6.07) is 20.4. The molecular weight excluding hydrogens is 340 g/mol.